The van der Waals surface area contributed by atoms with E-state index in [2.05, 4.69) is 48.3 Å². The Morgan fingerprint density at radius 1 is 0.923 bits per heavy atom. The van der Waals surface area contributed by atoms with Crippen LogP contribution in [-0.4, -0.2) is 20.5 Å². The Kier molecular flexibility index (Phi) is 3.10. The van der Waals surface area contributed by atoms with E-state index in [0.29, 0.717) is 0 Å². The third-order valence-corrected chi connectivity index (χ3v) is 5.12. The minimum atomic E-state index is -0.177. The van der Waals surface area contributed by atoms with Crippen molar-refractivity contribution in [3.05, 3.63) is 84.3 Å². The molecule has 0 unspecified atom stereocenters. The number of fused-ring (bicyclic) bond motifs is 3. The molecule has 4 nitrogen and oxygen atoms in total. The van der Waals surface area contributed by atoms with Gasteiger partial charge in [-0.25, -0.2) is 4.68 Å². The summed E-state index contributed by atoms with van der Waals surface area (Å²) >= 11 is 0. The molecule has 5 rings (SSSR count). The number of aromatic nitrogens is 3. The smallest absolute Gasteiger partial charge is 0.0769 e. The number of hydrogen-bond acceptors (Lipinski definition) is 3. The molecule has 4 heteroatoms. The van der Waals surface area contributed by atoms with E-state index in [4.69, 9.17) is 4.99 Å². The molecular weight excluding hydrogens is 320 g/mol. The van der Waals surface area contributed by atoms with Crippen LogP contribution in [0.3, 0.4) is 0 Å². The molecule has 0 amide bonds. The summed E-state index contributed by atoms with van der Waals surface area (Å²) in [7, 11) is 0. The van der Waals surface area contributed by atoms with Gasteiger partial charge in [0.1, 0.15) is 0 Å². The zero-order valence-corrected chi connectivity index (χ0v) is 14.7. The molecule has 0 saturated carbocycles. The SMILES string of the molecule is CC1(C)C(c2cnn(-c3ccccc3)c2)=Nc2c1ccc1ncccc21. The minimum absolute atomic E-state index is 0.177. The standard InChI is InChI=1S/C22H18N4/c1-22(2)18-10-11-19-17(9-6-12-23-19)20(18)25-21(22)15-13-24-26(14-15)16-7-4-3-5-8-16/h3-14H,1-2H3. The fourth-order valence-corrected chi connectivity index (χ4v) is 3.73. The second kappa shape index (κ2) is 5.36. The van der Waals surface area contributed by atoms with Crippen molar-refractivity contribution in [2.24, 2.45) is 4.99 Å². The van der Waals surface area contributed by atoms with Gasteiger partial charge in [0.25, 0.3) is 0 Å². The second-order valence-electron chi connectivity index (χ2n) is 7.13. The number of rotatable bonds is 2. The van der Waals surface area contributed by atoms with Crippen LogP contribution in [0.1, 0.15) is 25.0 Å². The maximum absolute atomic E-state index is 5.03. The molecule has 26 heavy (non-hydrogen) atoms. The summed E-state index contributed by atoms with van der Waals surface area (Å²) in [4.78, 5) is 9.50. The van der Waals surface area contributed by atoms with E-state index in [1.807, 2.05) is 53.5 Å². The van der Waals surface area contributed by atoms with E-state index < -0.39 is 0 Å². The highest BCUT2D eigenvalue weighted by Gasteiger charge is 2.37. The summed E-state index contributed by atoms with van der Waals surface area (Å²) in [6, 6.07) is 18.4. The Bertz CT molecular complexity index is 1150. The molecule has 2 aromatic heterocycles. The van der Waals surface area contributed by atoms with E-state index in [1.54, 1.807) is 0 Å². The molecule has 0 radical (unpaired) electrons. The molecule has 0 saturated heterocycles. The third-order valence-electron chi connectivity index (χ3n) is 5.12. The summed E-state index contributed by atoms with van der Waals surface area (Å²) in [6.45, 7) is 4.44. The van der Waals surface area contributed by atoms with Crippen molar-refractivity contribution in [3.8, 4) is 5.69 Å². The highest BCUT2D eigenvalue weighted by Crippen LogP contribution is 2.45. The summed E-state index contributed by atoms with van der Waals surface area (Å²) in [5, 5.41) is 5.65. The largest absolute Gasteiger partial charge is 0.256 e. The molecule has 3 heterocycles. The monoisotopic (exact) mass is 338 g/mol. The van der Waals surface area contributed by atoms with Gasteiger partial charge in [-0.15, -0.1) is 0 Å². The normalized spacial score (nSPS) is 15.1. The van der Waals surface area contributed by atoms with Crippen LogP contribution in [0.4, 0.5) is 5.69 Å². The number of pyridine rings is 1. The van der Waals surface area contributed by atoms with Crippen LogP contribution < -0.4 is 0 Å². The van der Waals surface area contributed by atoms with Gasteiger partial charge in [0, 0.05) is 28.8 Å². The molecule has 2 aromatic carbocycles. The van der Waals surface area contributed by atoms with Crippen LogP contribution >= 0.6 is 0 Å². The van der Waals surface area contributed by atoms with Crippen LogP contribution in [0, 0.1) is 0 Å². The fourth-order valence-electron chi connectivity index (χ4n) is 3.73. The summed E-state index contributed by atoms with van der Waals surface area (Å²) in [6.07, 6.45) is 5.78. The Morgan fingerprint density at radius 2 is 1.77 bits per heavy atom. The van der Waals surface area contributed by atoms with Crippen molar-refractivity contribution in [3.63, 3.8) is 0 Å². The molecule has 1 aliphatic rings. The van der Waals surface area contributed by atoms with Crippen molar-refractivity contribution < 1.29 is 0 Å². The lowest BCUT2D eigenvalue weighted by molar-refractivity contribution is 0.738. The zero-order chi connectivity index (χ0) is 17.7. The average Bonchev–Trinajstić information content (AvgIpc) is 3.25. The number of benzene rings is 2. The van der Waals surface area contributed by atoms with Gasteiger partial charge in [-0.1, -0.05) is 38.1 Å². The topological polar surface area (TPSA) is 43.1 Å². The predicted octanol–water partition coefficient (Wildman–Crippen LogP) is 4.83. The third kappa shape index (κ3) is 2.12. The van der Waals surface area contributed by atoms with E-state index in [9.17, 15) is 0 Å². The minimum Gasteiger partial charge on any atom is -0.256 e. The average molecular weight is 338 g/mol. The Hall–Kier alpha value is -3.27. The van der Waals surface area contributed by atoms with Gasteiger partial charge in [0.05, 0.1) is 28.8 Å². The zero-order valence-electron chi connectivity index (χ0n) is 14.7. The molecule has 0 bridgehead atoms. The van der Waals surface area contributed by atoms with Crippen LogP contribution in [0.5, 0.6) is 0 Å². The van der Waals surface area contributed by atoms with Crippen LogP contribution in [0.2, 0.25) is 0 Å². The van der Waals surface area contributed by atoms with Gasteiger partial charge in [0.15, 0.2) is 0 Å². The first-order valence-corrected chi connectivity index (χ1v) is 8.72. The molecule has 0 atom stereocenters. The molecule has 4 aromatic rings. The van der Waals surface area contributed by atoms with Gasteiger partial charge in [-0.3, -0.25) is 9.98 Å². The highest BCUT2D eigenvalue weighted by molar-refractivity contribution is 6.15. The molecular formula is C22H18N4. The van der Waals surface area contributed by atoms with Gasteiger partial charge in [0.2, 0.25) is 0 Å². The van der Waals surface area contributed by atoms with E-state index in [0.717, 1.165) is 33.6 Å². The first-order valence-electron chi connectivity index (χ1n) is 8.72. The van der Waals surface area contributed by atoms with E-state index >= 15 is 0 Å². The van der Waals surface area contributed by atoms with Gasteiger partial charge in [-0.05, 0) is 35.9 Å². The van der Waals surface area contributed by atoms with Gasteiger partial charge >= 0.3 is 0 Å². The van der Waals surface area contributed by atoms with Crippen molar-refractivity contribution in [1.29, 1.82) is 0 Å². The lowest BCUT2D eigenvalue weighted by Gasteiger charge is -2.21. The summed E-state index contributed by atoms with van der Waals surface area (Å²) in [5.41, 5.74) is 6.21. The lowest BCUT2D eigenvalue weighted by Crippen LogP contribution is -2.26. The number of nitrogens with zero attached hydrogens (tertiary/aromatic N) is 4. The Balaban J connectivity index is 1.66. The maximum Gasteiger partial charge on any atom is 0.0769 e. The van der Waals surface area contributed by atoms with Crippen molar-refractivity contribution >= 4 is 22.3 Å². The number of aliphatic imine (C=N–C) groups is 1. The van der Waals surface area contributed by atoms with Crippen LogP contribution in [0.25, 0.3) is 16.6 Å². The van der Waals surface area contributed by atoms with Crippen LogP contribution in [-0.2, 0) is 5.41 Å². The molecule has 0 fully saturated rings. The molecule has 0 spiro atoms. The number of para-hydroxylation sites is 1. The van der Waals surface area contributed by atoms with E-state index in [1.165, 1.54) is 5.56 Å². The van der Waals surface area contributed by atoms with Gasteiger partial charge in [-0.2, -0.15) is 5.10 Å². The van der Waals surface area contributed by atoms with Crippen molar-refractivity contribution in [1.82, 2.24) is 14.8 Å². The second-order valence-corrected chi connectivity index (χ2v) is 7.13. The maximum atomic E-state index is 5.03. The first kappa shape index (κ1) is 15.0. The van der Waals surface area contributed by atoms with E-state index in [-0.39, 0.29) is 5.41 Å². The summed E-state index contributed by atoms with van der Waals surface area (Å²) in [5.74, 6) is 0. The molecule has 0 aliphatic carbocycles. The van der Waals surface area contributed by atoms with Crippen molar-refractivity contribution in [2.45, 2.75) is 19.3 Å². The quantitative estimate of drug-likeness (QED) is 0.525. The highest BCUT2D eigenvalue weighted by atomic mass is 15.3. The first-order chi connectivity index (χ1) is 12.6. The Labute approximate surface area is 151 Å². The van der Waals surface area contributed by atoms with Crippen molar-refractivity contribution in [2.75, 3.05) is 0 Å². The molecule has 1 aliphatic heterocycles. The Morgan fingerprint density at radius 3 is 2.62 bits per heavy atom. The van der Waals surface area contributed by atoms with Gasteiger partial charge < -0.3 is 0 Å². The molecule has 0 N–H and O–H groups in total. The fraction of sp³-hybridized carbons (Fsp3) is 0.136. The number of hydrogen-bond donors (Lipinski definition) is 0. The lowest BCUT2D eigenvalue weighted by atomic mass is 9.79. The molecule has 126 valence electrons. The summed E-state index contributed by atoms with van der Waals surface area (Å²) < 4.78 is 1.90. The predicted molar refractivity (Wildman–Crippen MR) is 105 cm³/mol. The van der Waals surface area contributed by atoms with Crippen LogP contribution in [0.15, 0.2) is 78.2 Å².